The Balaban J connectivity index is 2.07. The molecule has 2 aliphatic rings. The van der Waals surface area contributed by atoms with Crippen LogP contribution in [-0.4, -0.2) is 72.7 Å². The third-order valence-corrected chi connectivity index (χ3v) is 5.20. The van der Waals surface area contributed by atoms with Gasteiger partial charge in [0.2, 0.25) is 0 Å². The van der Waals surface area contributed by atoms with Crippen LogP contribution in [-0.2, 0) is 21.1 Å². The SMILES string of the molecule is Cc1cc2nc3c(=O)[nH]c(=O)nc-3n(C[C@H](O)[C@H](O)[C@H](O)COS(=O)(=O)O)c2cc1C. The fraction of sp³-hybridized carbons (Fsp3) is 0.412. The first-order valence-electron chi connectivity index (χ1n) is 8.95. The van der Waals surface area contributed by atoms with Gasteiger partial charge in [0.1, 0.15) is 18.3 Å². The smallest absolute Gasteiger partial charge is 0.388 e. The van der Waals surface area contributed by atoms with Crippen LogP contribution < -0.4 is 11.2 Å². The molecule has 0 radical (unpaired) electrons. The second-order valence-corrected chi connectivity index (χ2v) is 8.12. The number of nitrogens with zero attached hydrogens (tertiary/aromatic N) is 3. The number of aryl methyl sites for hydroxylation is 2. The van der Waals surface area contributed by atoms with Gasteiger partial charge in [-0.1, -0.05) is 0 Å². The normalized spacial score (nSPS) is 15.3. The summed E-state index contributed by atoms with van der Waals surface area (Å²) in [5.74, 6) is -0.153. The van der Waals surface area contributed by atoms with Crippen LogP contribution in [0.4, 0.5) is 0 Å². The van der Waals surface area contributed by atoms with E-state index in [2.05, 4.69) is 14.2 Å². The monoisotopic (exact) mass is 456 g/mol. The third-order valence-electron chi connectivity index (χ3n) is 4.77. The zero-order valence-electron chi connectivity index (χ0n) is 16.4. The molecule has 0 saturated heterocycles. The van der Waals surface area contributed by atoms with E-state index in [1.54, 1.807) is 12.1 Å². The first kappa shape index (κ1) is 22.9. The second-order valence-electron chi connectivity index (χ2n) is 7.03. The van der Waals surface area contributed by atoms with Crippen molar-refractivity contribution in [2.45, 2.75) is 38.7 Å². The van der Waals surface area contributed by atoms with Crippen molar-refractivity contribution in [1.29, 1.82) is 0 Å². The lowest BCUT2D eigenvalue weighted by Crippen LogP contribution is -2.43. The molecule has 2 heterocycles. The summed E-state index contributed by atoms with van der Waals surface area (Å²) in [7, 11) is -4.86. The largest absolute Gasteiger partial charge is 0.397 e. The van der Waals surface area contributed by atoms with Gasteiger partial charge in [-0.25, -0.2) is 14.0 Å². The summed E-state index contributed by atoms with van der Waals surface area (Å²) in [5.41, 5.74) is 0.558. The van der Waals surface area contributed by atoms with E-state index in [9.17, 15) is 33.3 Å². The lowest BCUT2D eigenvalue weighted by atomic mass is 10.1. The van der Waals surface area contributed by atoms with Crippen LogP contribution in [0, 0.1) is 13.8 Å². The Hall–Kier alpha value is -2.75. The predicted octanol–water partition coefficient (Wildman–Crippen LogP) is -1.90. The van der Waals surface area contributed by atoms with Crippen molar-refractivity contribution in [3.05, 3.63) is 44.1 Å². The maximum atomic E-state index is 12.2. The molecule has 5 N–H and O–H groups in total. The van der Waals surface area contributed by atoms with Gasteiger partial charge in [0, 0.05) is 0 Å². The topological polar surface area (TPSA) is 205 Å². The first-order valence-corrected chi connectivity index (χ1v) is 10.3. The van der Waals surface area contributed by atoms with Gasteiger partial charge < -0.3 is 19.9 Å². The second kappa shape index (κ2) is 8.41. The average molecular weight is 456 g/mol. The molecule has 168 valence electrons. The van der Waals surface area contributed by atoms with Gasteiger partial charge >= 0.3 is 16.1 Å². The number of aliphatic hydroxyl groups is 3. The van der Waals surface area contributed by atoms with E-state index in [0.717, 1.165) is 11.1 Å². The Kier molecular flexibility index (Phi) is 6.22. The molecule has 14 heteroatoms. The van der Waals surface area contributed by atoms with Crippen molar-refractivity contribution >= 4 is 21.4 Å². The summed E-state index contributed by atoms with van der Waals surface area (Å²) in [5, 5.41) is 30.5. The van der Waals surface area contributed by atoms with Crippen molar-refractivity contribution in [3.63, 3.8) is 0 Å². The quantitative estimate of drug-likeness (QED) is 0.196. The van der Waals surface area contributed by atoms with Gasteiger partial charge in [-0.05, 0) is 37.1 Å². The van der Waals surface area contributed by atoms with E-state index in [4.69, 9.17) is 4.55 Å². The van der Waals surface area contributed by atoms with Crippen LogP contribution in [0.5, 0.6) is 0 Å². The van der Waals surface area contributed by atoms with Gasteiger partial charge in [-0.15, -0.1) is 0 Å². The number of hydrogen-bond donors (Lipinski definition) is 5. The Labute approximate surface area is 174 Å². The van der Waals surface area contributed by atoms with Crippen LogP contribution >= 0.6 is 0 Å². The van der Waals surface area contributed by atoms with E-state index in [1.807, 2.05) is 18.8 Å². The molecular weight excluding hydrogens is 436 g/mol. The highest BCUT2D eigenvalue weighted by atomic mass is 32.3. The first-order chi connectivity index (χ1) is 14.4. The molecule has 1 aromatic carbocycles. The lowest BCUT2D eigenvalue weighted by molar-refractivity contribution is -0.0771. The molecule has 0 aromatic heterocycles. The molecule has 0 aliphatic carbocycles. The van der Waals surface area contributed by atoms with Crippen molar-refractivity contribution in [3.8, 4) is 11.5 Å². The van der Waals surface area contributed by atoms with Crippen LogP contribution in [0.3, 0.4) is 0 Å². The number of fused-ring (bicyclic) bond motifs is 2. The number of H-pyrrole nitrogens is 1. The minimum absolute atomic E-state index is 0.153. The molecule has 1 aromatic rings. The molecule has 0 saturated carbocycles. The number of nitrogens with one attached hydrogen (secondary N) is 1. The Bertz CT molecular complexity index is 1320. The van der Waals surface area contributed by atoms with Crippen LogP contribution in [0.1, 0.15) is 11.1 Å². The van der Waals surface area contributed by atoms with E-state index < -0.39 is 53.1 Å². The fourth-order valence-electron chi connectivity index (χ4n) is 3.04. The van der Waals surface area contributed by atoms with Crippen LogP contribution in [0.2, 0.25) is 0 Å². The molecule has 13 nitrogen and oxygen atoms in total. The van der Waals surface area contributed by atoms with Crippen molar-refractivity contribution in [2.24, 2.45) is 0 Å². The minimum Gasteiger partial charge on any atom is -0.388 e. The molecule has 3 atom stereocenters. The highest BCUT2D eigenvalue weighted by molar-refractivity contribution is 7.80. The number of aliphatic hydroxyl groups excluding tert-OH is 3. The summed E-state index contributed by atoms with van der Waals surface area (Å²) in [4.78, 5) is 34.0. The van der Waals surface area contributed by atoms with Crippen molar-refractivity contribution < 1.29 is 32.5 Å². The number of aromatic nitrogens is 4. The molecule has 0 spiro atoms. The van der Waals surface area contributed by atoms with Gasteiger partial charge in [-0.3, -0.25) is 14.3 Å². The predicted molar refractivity (Wildman–Crippen MR) is 106 cm³/mol. The third kappa shape index (κ3) is 4.95. The number of benzene rings is 1. The van der Waals surface area contributed by atoms with Gasteiger partial charge in [0.15, 0.2) is 11.5 Å². The minimum atomic E-state index is -4.86. The fourth-order valence-corrected chi connectivity index (χ4v) is 3.35. The Morgan fingerprint density at radius 1 is 1.10 bits per heavy atom. The van der Waals surface area contributed by atoms with Crippen LogP contribution in [0.25, 0.3) is 22.6 Å². The molecular formula is C17H20N4O9S. The summed E-state index contributed by atoms with van der Waals surface area (Å²) in [6.45, 7) is 2.19. The summed E-state index contributed by atoms with van der Waals surface area (Å²) < 4.78 is 35.1. The molecule has 0 fully saturated rings. The van der Waals surface area contributed by atoms with E-state index in [1.165, 1.54) is 4.57 Å². The van der Waals surface area contributed by atoms with E-state index in [0.29, 0.717) is 11.0 Å². The van der Waals surface area contributed by atoms with Gasteiger partial charge in [0.05, 0.1) is 24.2 Å². The summed E-state index contributed by atoms with van der Waals surface area (Å²) in [6.07, 6.45) is -5.50. The number of aromatic amines is 1. The molecule has 3 rings (SSSR count). The van der Waals surface area contributed by atoms with Crippen molar-refractivity contribution in [1.82, 2.24) is 19.5 Å². The molecule has 0 unspecified atom stereocenters. The zero-order chi connectivity index (χ0) is 23.1. The Morgan fingerprint density at radius 2 is 1.74 bits per heavy atom. The highest BCUT2D eigenvalue weighted by Gasteiger charge is 2.29. The van der Waals surface area contributed by atoms with Crippen molar-refractivity contribution in [2.75, 3.05) is 6.61 Å². The zero-order valence-corrected chi connectivity index (χ0v) is 17.2. The summed E-state index contributed by atoms with van der Waals surface area (Å²) in [6, 6.07) is 3.39. The molecule has 31 heavy (non-hydrogen) atoms. The van der Waals surface area contributed by atoms with Crippen LogP contribution in [0.15, 0.2) is 21.7 Å². The van der Waals surface area contributed by atoms with Gasteiger partial charge in [-0.2, -0.15) is 13.4 Å². The van der Waals surface area contributed by atoms with Gasteiger partial charge in [0.25, 0.3) is 5.56 Å². The molecule has 2 aliphatic heterocycles. The standard InChI is InChI=1S/C17H20N4O9S/c1-7-3-9-10(4-8(7)2)21(15-13(18-9)16(25)20-17(26)19-15)5-11(22)14(24)12(23)6-30-31(27,28)29/h3-4,11-12,14,22-24H,5-6H2,1-2H3,(H,20,25,26)(H,27,28,29)/t11-,12+,14-/m0/s1. The number of rotatable bonds is 7. The average Bonchev–Trinajstić information content (AvgIpc) is 2.67. The lowest BCUT2D eigenvalue weighted by Gasteiger charge is -2.25. The molecule has 0 bridgehead atoms. The summed E-state index contributed by atoms with van der Waals surface area (Å²) >= 11 is 0. The number of hydrogen-bond acceptors (Lipinski definition) is 10. The highest BCUT2D eigenvalue weighted by Crippen LogP contribution is 2.24. The molecule has 0 amide bonds. The van der Waals surface area contributed by atoms with E-state index in [-0.39, 0.29) is 11.5 Å². The van der Waals surface area contributed by atoms with E-state index >= 15 is 0 Å². The maximum absolute atomic E-state index is 12.2. The Morgan fingerprint density at radius 3 is 2.39 bits per heavy atom. The maximum Gasteiger partial charge on any atom is 0.397 e.